The summed E-state index contributed by atoms with van der Waals surface area (Å²) >= 11 is 10.2. The van der Waals surface area contributed by atoms with Crippen LogP contribution in [0.5, 0.6) is 0 Å². The highest BCUT2D eigenvalue weighted by atomic mass is 35.5. The fourth-order valence-corrected chi connectivity index (χ4v) is 2.78. The monoisotopic (exact) mass is 299 g/mol. The number of carbonyl (C=O) groups is 1. The van der Waals surface area contributed by atoms with Crippen molar-refractivity contribution in [3.63, 3.8) is 0 Å². The van der Waals surface area contributed by atoms with E-state index in [2.05, 4.69) is 17.9 Å². The summed E-state index contributed by atoms with van der Waals surface area (Å²) in [4.78, 5) is 12.8. The lowest BCUT2D eigenvalue weighted by Gasteiger charge is -2.25. The Morgan fingerprint density at radius 2 is 2.05 bits per heavy atom. The number of halogens is 1. The molecule has 1 aromatic carbocycles. The van der Waals surface area contributed by atoms with E-state index in [9.17, 15) is 9.90 Å². The van der Waals surface area contributed by atoms with Crippen LogP contribution in [-0.2, 0) is 0 Å². The van der Waals surface area contributed by atoms with Crippen LogP contribution in [0.1, 0.15) is 36.0 Å². The number of amides is 1. The molecule has 104 valence electrons. The lowest BCUT2D eigenvalue weighted by Crippen LogP contribution is -2.32. The Bertz CT molecular complexity index is 459. The van der Waals surface area contributed by atoms with E-state index in [1.165, 1.54) is 0 Å². The third-order valence-corrected chi connectivity index (χ3v) is 4.17. The Morgan fingerprint density at radius 1 is 1.37 bits per heavy atom. The highest BCUT2D eigenvalue weighted by Crippen LogP contribution is 2.24. The molecule has 1 amide bonds. The molecule has 0 radical (unpaired) electrons. The van der Waals surface area contributed by atoms with Gasteiger partial charge in [-0.2, -0.15) is 0 Å². The molecule has 1 fully saturated rings. The maximum absolute atomic E-state index is 12.0. The second kappa shape index (κ2) is 6.64. The molecule has 1 saturated carbocycles. The normalized spacial score (nSPS) is 23.1. The topological polar surface area (TPSA) is 49.3 Å². The van der Waals surface area contributed by atoms with Gasteiger partial charge in [0.25, 0.3) is 5.91 Å². The summed E-state index contributed by atoms with van der Waals surface area (Å²) < 4.78 is 0. The molecule has 3 nitrogen and oxygen atoms in total. The lowest BCUT2D eigenvalue weighted by atomic mass is 9.87. The number of aliphatic hydroxyl groups is 1. The van der Waals surface area contributed by atoms with Crippen LogP contribution in [0.2, 0.25) is 5.02 Å². The third kappa shape index (κ3) is 4.13. The number of rotatable bonds is 3. The van der Waals surface area contributed by atoms with Crippen molar-refractivity contribution < 1.29 is 9.90 Å². The number of nitrogens with one attached hydrogen (secondary N) is 1. The van der Waals surface area contributed by atoms with E-state index in [1.54, 1.807) is 18.2 Å². The van der Waals surface area contributed by atoms with Crippen molar-refractivity contribution in [1.29, 1.82) is 0 Å². The molecule has 1 aromatic rings. The van der Waals surface area contributed by atoms with Gasteiger partial charge in [-0.05, 0) is 49.8 Å². The zero-order valence-corrected chi connectivity index (χ0v) is 12.3. The molecule has 0 unspecified atom stereocenters. The first-order valence-electron chi connectivity index (χ1n) is 6.51. The zero-order valence-electron chi connectivity index (χ0n) is 10.6. The predicted octanol–water partition coefficient (Wildman–Crippen LogP) is 2.91. The summed E-state index contributed by atoms with van der Waals surface area (Å²) in [6.07, 6.45) is 3.41. The van der Waals surface area contributed by atoms with Gasteiger partial charge in [-0.3, -0.25) is 4.79 Å². The second-order valence-corrected chi connectivity index (χ2v) is 5.97. The molecule has 0 aromatic heterocycles. The highest BCUT2D eigenvalue weighted by molar-refractivity contribution is 7.80. The first-order chi connectivity index (χ1) is 9.06. The standard InChI is InChI=1S/C14H18ClNO2S/c15-13-6-5-11(19)7-12(13)14(18)16-8-9-1-3-10(17)4-2-9/h5-7,9-10,17,19H,1-4,8H2,(H,16,18). The molecular weight excluding hydrogens is 282 g/mol. The van der Waals surface area contributed by atoms with Gasteiger partial charge in [-0.25, -0.2) is 0 Å². The van der Waals surface area contributed by atoms with Gasteiger partial charge >= 0.3 is 0 Å². The van der Waals surface area contributed by atoms with Crippen molar-refractivity contribution in [3.8, 4) is 0 Å². The average Bonchev–Trinajstić information content (AvgIpc) is 2.40. The van der Waals surface area contributed by atoms with E-state index in [1.807, 2.05) is 0 Å². The van der Waals surface area contributed by atoms with Crippen molar-refractivity contribution in [3.05, 3.63) is 28.8 Å². The Balaban J connectivity index is 1.89. The van der Waals surface area contributed by atoms with E-state index < -0.39 is 0 Å². The smallest absolute Gasteiger partial charge is 0.252 e. The van der Waals surface area contributed by atoms with Gasteiger partial charge in [0.15, 0.2) is 0 Å². The molecule has 0 saturated heterocycles. The summed E-state index contributed by atoms with van der Waals surface area (Å²) in [5, 5.41) is 12.8. The van der Waals surface area contributed by atoms with Gasteiger partial charge in [0.2, 0.25) is 0 Å². The minimum Gasteiger partial charge on any atom is -0.393 e. The Kier molecular flexibility index (Phi) is 5.13. The molecule has 19 heavy (non-hydrogen) atoms. The minimum absolute atomic E-state index is 0.160. The molecule has 5 heteroatoms. The Labute approximate surface area is 123 Å². The number of aliphatic hydroxyl groups excluding tert-OH is 1. The van der Waals surface area contributed by atoms with Crippen LogP contribution in [0, 0.1) is 5.92 Å². The number of benzene rings is 1. The maximum Gasteiger partial charge on any atom is 0.252 e. The average molecular weight is 300 g/mol. The number of hydrogen-bond acceptors (Lipinski definition) is 3. The fraction of sp³-hybridized carbons (Fsp3) is 0.500. The minimum atomic E-state index is -0.165. The third-order valence-electron chi connectivity index (χ3n) is 3.56. The van der Waals surface area contributed by atoms with Gasteiger partial charge in [-0.15, -0.1) is 12.6 Å². The van der Waals surface area contributed by atoms with Crippen LogP contribution in [-0.4, -0.2) is 23.7 Å². The van der Waals surface area contributed by atoms with E-state index in [0.717, 1.165) is 30.6 Å². The largest absolute Gasteiger partial charge is 0.393 e. The van der Waals surface area contributed by atoms with Crippen molar-refractivity contribution >= 4 is 30.1 Å². The van der Waals surface area contributed by atoms with Gasteiger partial charge in [0.05, 0.1) is 16.7 Å². The van der Waals surface area contributed by atoms with E-state index >= 15 is 0 Å². The van der Waals surface area contributed by atoms with Crippen LogP contribution < -0.4 is 5.32 Å². The Hall–Kier alpha value is -0.710. The van der Waals surface area contributed by atoms with Crippen molar-refractivity contribution in [2.24, 2.45) is 5.92 Å². The van der Waals surface area contributed by atoms with Gasteiger partial charge in [-0.1, -0.05) is 11.6 Å². The molecule has 0 aliphatic heterocycles. The van der Waals surface area contributed by atoms with Crippen LogP contribution in [0.15, 0.2) is 23.1 Å². The van der Waals surface area contributed by atoms with Crippen LogP contribution >= 0.6 is 24.2 Å². The summed E-state index contributed by atoms with van der Waals surface area (Å²) in [6, 6.07) is 5.10. The molecule has 2 rings (SSSR count). The quantitative estimate of drug-likeness (QED) is 0.752. The molecule has 0 heterocycles. The SMILES string of the molecule is O=C(NCC1CCC(O)CC1)c1cc(S)ccc1Cl. The molecule has 1 aliphatic carbocycles. The number of thiol groups is 1. The first-order valence-corrected chi connectivity index (χ1v) is 7.33. The molecule has 0 bridgehead atoms. The molecule has 0 spiro atoms. The van der Waals surface area contributed by atoms with Crippen LogP contribution in [0.3, 0.4) is 0 Å². The summed E-state index contributed by atoms with van der Waals surface area (Å²) in [7, 11) is 0. The van der Waals surface area contributed by atoms with E-state index in [-0.39, 0.29) is 12.0 Å². The lowest BCUT2D eigenvalue weighted by molar-refractivity contribution is 0.0910. The highest BCUT2D eigenvalue weighted by Gasteiger charge is 2.20. The van der Waals surface area contributed by atoms with Crippen LogP contribution in [0.25, 0.3) is 0 Å². The number of carbonyl (C=O) groups excluding carboxylic acids is 1. The van der Waals surface area contributed by atoms with Gasteiger partial charge in [0.1, 0.15) is 0 Å². The van der Waals surface area contributed by atoms with Crippen LogP contribution in [0.4, 0.5) is 0 Å². The molecule has 1 aliphatic rings. The summed E-state index contributed by atoms with van der Waals surface area (Å²) in [5.41, 5.74) is 0.463. The van der Waals surface area contributed by atoms with E-state index in [4.69, 9.17) is 11.6 Å². The van der Waals surface area contributed by atoms with Gasteiger partial charge < -0.3 is 10.4 Å². The summed E-state index contributed by atoms with van der Waals surface area (Å²) in [5.74, 6) is 0.289. The zero-order chi connectivity index (χ0) is 13.8. The van der Waals surface area contributed by atoms with E-state index in [0.29, 0.717) is 23.0 Å². The van der Waals surface area contributed by atoms with Crippen molar-refractivity contribution in [2.75, 3.05) is 6.54 Å². The molecule has 2 N–H and O–H groups in total. The van der Waals surface area contributed by atoms with Crippen molar-refractivity contribution in [2.45, 2.75) is 36.7 Å². The number of hydrogen-bond donors (Lipinski definition) is 3. The van der Waals surface area contributed by atoms with Gasteiger partial charge in [0, 0.05) is 11.4 Å². The second-order valence-electron chi connectivity index (χ2n) is 5.05. The van der Waals surface area contributed by atoms with Crippen molar-refractivity contribution in [1.82, 2.24) is 5.32 Å². The predicted molar refractivity (Wildman–Crippen MR) is 79.0 cm³/mol. The summed E-state index contributed by atoms with van der Waals surface area (Å²) in [6.45, 7) is 0.638. The molecule has 0 atom stereocenters. The Morgan fingerprint density at radius 3 is 2.74 bits per heavy atom. The molecular formula is C14H18ClNO2S. The fourth-order valence-electron chi connectivity index (χ4n) is 2.37. The first kappa shape index (κ1) is 14.7. The maximum atomic E-state index is 12.0.